The summed E-state index contributed by atoms with van der Waals surface area (Å²) in [5.41, 5.74) is 1.95. The first kappa shape index (κ1) is 12.2. The van der Waals surface area contributed by atoms with Crippen molar-refractivity contribution in [1.82, 2.24) is 25.2 Å². The molecule has 5 nitrogen and oxygen atoms in total. The molecule has 1 aliphatic heterocycles. The third-order valence-corrected chi connectivity index (χ3v) is 3.32. The minimum atomic E-state index is 0.204. The van der Waals surface area contributed by atoms with Crippen LogP contribution in [0.25, 0.3) is 11.3 Å². The van der Waals surface area contributed by atoms with E-state index in [9.17, 15) is 0 Å². The van der Waals surface area contributed by atoms with Crippen LogP contribution >= 0.6 is 0 Å². The molecule has 5 heteroatoms. The van der Waals surface area contributed by atoms with Crippen LogP contribution in [0.3, 0.4) is 0 Å². The Morgan fingerprint density at radius 3 is 3.05 bits per heavy atom. The summed E-state index contributed by atoms with van der Waals surface area (Å²) >= 11 is 0. The van der Waals surface area contributed by atoms with Gasteiger partial charge in [0.05, 0.1) is 11.7 Å². The van der Waals surface area contributed by atoms with E-state index >= 15 is 0 Å². The lowest BCUT2D eigenvalue weighted by molar-refractivity contribution is 0.235. The highest BCUT2D eigenvalue weighted by Gasteiger charge is 2.20. The molecule has 0 aliphatic carbocycles. The standard InChI is InChI=1S/C14H17N5/c1-19-8-7-16-13(10-19)14-17-6-4-12(18-14)11-3-2-5-15-9-11/h2-6,9,13,16H,7-8,10H2,1H3. The molecule has 2 aromatic heterocycles. The van der Waals surface area contributed by atoms with Crippen LogP contribution in [0.2, 0.25) is 0 Å². The lowest BCUT2D eigenvalue weighted by Crippen LogP contribution is -2.44. The molecule has 2 aromatic rings. The summed E-state index contributed by atoms with van der Waals surface area (Å²) in [6.07, 6.45) is 5.41. The molecule has 19 heavy (non-hydrogen) atoms. The van der Waals surface area contributed by atoms with Gasteiger partial charge in [0.1, 0.15) is 5.82 Å². The van der Waals surface area contributed by atoms with Crippen molar-refractivity contribution in [3.8, 4) is 11.3 Å². The summed E-state index contributed by atoms with van der Waals surface area (Å²) < 4.78 is 0. The smallest absolute Gasteiger partial charge is 0.147 e. The largest absolute Gasteiger partial charge is 0.305 e. The Morgan fingerprint density at radius 2 is 2.26 bits per heavy atom. The first-order valence-corrected chi connectivity index (χ1v) is 6.48. The van der Waals surface area contributed by atoms with E-state index in [0.717, 1.165) is 36.7 Å². The van der Waals surface area contributed by atoms with Crippen molar-refractivity contribution in [1.29, 1.82) is 0 Å². The Kier molecular flexibility index (Phi) is 3.48. The average Bonchev–Trinajstić information content (AvgIpc) is 2.48. The maximum Gasteiger partial charge on any atom is 0.147 e. The van der Waals surface area contributed by atoms with Gasteiger partial charge in [0.25, 0.3) is 0 Å². The number of pyridine rings is 1. The van der Waals surface area contributed by atoms with Crippen molar-refractivity contribution in [2.75, 3.05) is 26.7 Å². The van der Waals surface area contributed by atoms with Crippen LogP contribution in [0.15, 0.2) is 36.8 Å². The highest BCUT2D eigenvalue weighted by atomic mass is 15.2. The van der Waals surface area contributed by atoms with Crippen LogP contribution in [-0.4, -0.2) is 46.5 Å². The van der Waals surface area contributed by atoms with E-state index in [1.165, 1.54) is 0 Å². The van der Waals surface area contributed by atoms with Crippen molar-refractivity contribution >= 4 is 0 Å². The zero-order chi connectivity index (χ0) is 13.1. The monoisotopic (exact) mass is 255 g/mol. The Morgan fingerprint density at radius 1 is 1.32 bits per heavy atom. The molecule has 0 amide bonds. The lowest BCUT2D eigenvalue weighted by Gasteiger charge is -2.29. The van der Waals surface area contributed by atoms with Crippen molar-refractivity contribution in [2.45, 2.75) is 6.04 Å². The van der Waals surface area contributed by atoms with Crippen LogP contribution in [0.4, 0.5) is 0 Å². The molecule has 0 saturated carbocycles. The van der Waals surface area contributed by atoms with Gasteiger partial charge in [-0.05, 0) is 25.2 Å². The Bertz CT molecular complexity index is 543. The molecule has 0 spiro atoms. The van der Waals surface area contributed by atoms with Crippen molar-refractivity contribution in [3.05, 3.63) is 42.6 Å². The number of nitrogens with one attached hydrogen (secondary N) is 1. The molecular weight excluding hydrogens is 238 g/mol. The van der Waals surface area contributed by atoms with E-state index in [2.05, 4.69) is 32.2 Å². The minimum Gasteiger partial charge on any atom is -0.305 e. The highest BCUT2D eigenvalue weighted by molar-refractivity contribution is 5.56. The summed E-state index contributed by atoms with van der Waals surface area (Å²) in [6.45, 7) is 2.98. The molecule has 0 bridgehead atoms. The zero-order valence-electron chi connectivity index (χ0n) is 11.0. The molecule has 98 valence electrons. The van der Waals surface area contributed by atoms with E-state index in [1.54, 1.807) is 6.20 Å². The number of aromatic nitrogens is 3. The average molecular weight is 255 g/mol. The predicted molar refractivity (Wildman–Crippen MR) is 73.5 cm³/mol. The fourth-order valence-corrected chi connectivity index (χ4v) is 2.29. The van der Waals surface area contributed by atoms with E-state index in [-0.39, 0.29) is 6.04 Å². The maximum absolute atomic E-state index is 4.66. The highest BCUT2D eigenvalue weighted by Crippen LogP contribution is 2.18. The number of likely N-dealkylation sites (N-methyl/N-ethyl adjacent to an activating group) is 1. The molecule has 0 radical (unpaired) electrons. The topological polar surface area (TPSA) is 53.9 Å². The number of hydrogen-bond donors (Lipinski definition) is 1. The first-order chi connectivity index (χ1) is 9.33. The van der Waals surface area contributed by atoms with Crippen LogP contribution in [-0.2, 0) is 0 Å². The second kappa shape index (κ2) is 5.42. The summed E-state index contributed by atoms with van der Waals surface area (Å²) in [7, 11) is 2.12. The van der Waals surface area contributed by atoms with Crippen LogP contribution in [0, 0.1) is 0 Å². The van der Waals surface area contributed by atoms with Crippen molar-refractivity contribution < 1.29 is 0 Å². The molecule has 3 rings (SSSR count). The molecule has 1 saturated heterocycles. The summed E-state index contributed by atoms with van der Waals surface area (Å²) in [6, 6.07) is 6.06. The van der Waals surface area contributed by atoms with Crippen molar-refractivity contribution in [3.63, 3.8) is 0 Å². The molecule has 3 heterocycles. The van der Waals surface area contributed by atoms with E-state index in [1.807, 2.05) is 30.6 Å². The molecule has 0 aromatic carbocycles. The predicted octanol–water partition coefficient (Wildman–Crippen LogP) is 1.11. The lowest BCUT2D eigenvalue weighted by atomic mass is 10.1. The number of nitrogens with zero attached hydrogens (tertiary/aromatic N) is 4. The van der Waals surface area contributed by atoms with Gasteiger partial charge in [-0.25, -0.2) is 9.97 Å². The third kappa shape index (κ3) is 2.77. The normalized spacial score (nSPS) is 20.4. The van der Waals surface area contributed by atoms with Crippen LogP contribution in [0.1, 0.15) is 11.9 Å². The van der Waals surface area contributed by atoms with Crippen LogP contribution < -0.4 is 5.32 Å². The van der Waals surface area contributed by atoms with Gasteiger partial charge in [-0.15, -0.1) is 0 Å². The maximum atomic E-state index is 4.66. The summed E-state index contributed by atoms with van der Waals surface area (Å²) in [5, 5.41) is 3.46. The summed E-state index contributed by atoms with van der Waals surface area (Å²) in [4.78, 5) is 15.5. The Balaban J connectivity index is 1.88. The number of hydrogen-bond acceptors (Lipinski definition) is 5. The molecular formula is C14H17N5. The van der Waals surface area contributed by atoms with Gasteiger partial charge in [0.15, 0.2) is 0 Å². The number of rotatable bonds is 2. The SMILES string of the molecule is CN1CCNC(c2nccc(-c3cccnc3)n2)C1. The van der Waals surface area contributed by atoms with Gasteiger partial charge in [0.2, 0.25) is 0 Å². The van der Waals surface area contributed by atoms with Gasteiger partial charge >= 0.3 is 0 Å². The molecule has 1 fully saturated rings. The first-order valence-electron chi connectivity index (χ1n) is 6.48. The van der Waals surface area contributed by atoms with Crippen molar-refractivity contribution in [2.24, 2.45) is 0 Å². The summed E-state index contributed by atoms with van der Waals surface area (Å²) in [5.74, 6) is 0.855. The second-order valence-corrected chi connectivity index (χ2v) is 4.81. The quantitative estimate of drug-likeness (QED) is 0.871. The van der Waals surface area contributed by atoms with Gasteiger partial charge in [-0.1, -0.05) is 0 Å². The zero-order valence-corrected chi connectivity index (χ0v) is 11.0. The third-order valence-electron chi connectivity index (χ3n) is 3.32. The molecule has 1 atom stereocenters. The fraction of sp³-hybridized carbons (Fsp3) is 0.357. The molecule has 1 aliphatic rings. The van der Waals surface area contributed by atoms with Gasteiger partial charge in [-0.3, -0.25) is 4.98 Å². The van der Waals surface area contributed by atoms with E-state index in [4.69, 9.17) is 0 Å². The van der Waals surface area contributed by atoms with Crippen LogP contribution in [0.5, 0.6) is 0 Å². The Labute approximate surface area is 112 Å². The Hall–Kier alpha value is -1.85. The molecule has 1 N–H and O–H groups in total. The van der Waals surface area contributed by atoms with E-state index in [0.29, 0.717) is 0 Å². The van der Waals surface area contributed by atoms with E-state index < -0.39 is 0 Å². The van der Waals surface area contributed by atoms with Gasteiger partial charge in [-0.2, -0.15) is 0 Å². The van der Waals surface area contributed by atoms with Gasteiger partial charge in [0, 0.05) is 43.8 Å². The second-order valence-electron chi connectivity index (χ2n) is 4.81. The molecule has 1 unspecified atom stereocenters. The minimum absolute atomic E-state index is 0.204. The number of piperazine rings is 1. The fourth-order valence-electron chi connectivity index (χ4n) is 2.29. The van der Waals surface area contributed by atoms with Gasteiger partial charge < -0.3 is 10.2 Å².